The minimum atomic E-state index is -1.03. The van der Waals surface area contributed by atoms with Gasteiger partial charge in [0.25, 0.3) is 11.6 Å². The summed E-state index contributed by atoms with van der Waals surface area (Å²) in [6, 6.07) is 3.72. The number of nitrogens with one attached hydrogen (secondary N) is 1. The topological polar surface area (TPSA) is 142 Å². The summed E-state index contributed by atoms with van der Waals surface area (Å²) in [7, 11) is 0. The average Bonchev–Trinajstić information content (AvgIpc) is 2.95. The molecule has 2 fully saturated rings. The Kier molecular flexibility index (Phi) is 8.34. The number of benzene rings is 1. The fourth-order valence-electron chi connectivity index (χ4n) is 4.40. The van der Waals surface area contributed by atoms with E-state index in [0.29, 0.717) is 51.6 Å². The standard InChI is InChI=1S/C22H30N4O7/c1-2-33-22(30)18(12-9-15-7-10-16(11-8-15)26(31)32)23-17-5-3-13-24-14-4-6-19(21(28)29)25(24)20(17)27/h7-8,10-11,17-19,23H,2-6,9,12-14H2,1H3,(H,28,29)/t17-,18-,19-/m0/s1. The van der Waals surface area contributed by atoms with E-state index in [1.54, 1.807) is 19.1 Å². The number of amides is 1. The van der Waals surface area contributed by atoms with Gasteiger partial charge in [-0.15, -0.1) is 0 Å². The van der Waals surface area contributed by atoms with Crippen molar-refractivity contribution in [2.75, 3.05) is 19.7 Å². The van der Waals surface area contributed by atoms with E-state index in [0.717, 1.165) is 5.56 Å². The number of carbonyl (C=O) groups is 3. The Morgan fingerprint density at radius 2 is 1.91 bits per heavy atom. The molecule has 0 aliphatic carbocycles. The van der Waals surface area contributed by atoms with Crippen molar-refractivity contribution in [2.45, 2.75) is 63.6 Å². The van der Waals surface area contributed by atoms with E-state index in [1.165, 1.54) is 17.1 Å². The van der Waals surface area contributed by atoms with Crippen molar-refractivity contribution in [1.29, 1.82) is 0 Å². The third kappa shape index (κ3) is 6.05. The normalized spacial score (nSPS) is 22.2. The molecule has 180 valence electrons. The summed E-state index contributed by atoms with van der Waals surface area (Å²) in [5.74, 6) is -1.86. The van der Waals surface area contributed by atoms with Crippen molar-refractivity contribution in [2.24, 2.45) is 0 Å². The number of fused-ring (bicyclic) bond motifs is 1. The van der Waals surface area contributed by atoms with E-state index in [1.807, 2.05) is 5.01 Å². The number of non-ortho nitro benzene ring substituents is 1. The van der Waals surface area contributed by atoms with Gasteiger partial charge in [-0.25, -0.2) is 9.80 Å². The van der Waals surface area contributed by atoms with Gasteiger partial charge in [0, 0.05) is 25.2 Å². The minimum absolute atomic E-state index is 0.0121. The number of hydrogen-bond donors (Lipinski definition) is 2. The molecule has 0 unspecified atom stereocenters. The Bertz CT molecular complexity index is 876. The van der Waals surface area contributed by atoms with Gasteiger partial charge in [0.2, 0.25) is 0 Å². The predicted molar refractivity (Wildman–Crippen MR) is 117 cm³/mol. The maximum Gasteiger partial charge on any atom is 0.328 e. The van der Waals surface area contributed by atoms with Crippen LogP contribution in [0.5, 0.6) is 0 Å². The lowest BCUT2D eigenvalue weighted by Crippen LogP contribution is -2.61. The lowest BCUT2D eigenvalue weighted by atomic mass is 10.0. The summed E-state index contributed by atoms with van der Waals surface area (Å²) in [4.78, 5) is 48.1. The van der Waals surface area contributed by atoms with E-state index in [-0.39, 0.29) is 18.2 Å². The molecule has 2 saturated heterocycles. The van der Waals surface area contributed by atoms with Crippen LogP contribution < -0.4 is 5.32 Å². The summed E-state index contributed by atoms with van der Waals surface area (Å²) in [6.07, 6.45) is 3.04. The van der Waals surface area contributed by atoms with Crippen molar-refractivity contribution in [3.63, 3.8) is 0 Å². The number of aliphatic carboxylic acids is 1. The van der Waals surface area contributed by atoms with Gasteiger partial charge in [0.05, 0.1) is 17.6 Å². The van der Waals surface area contributed by atoms with Crippen LogP contribution in [0.1, 0.15) is 44.6 Å². The molecule has 2 aliphatic rings. The van der Waals surface area contributed by atoms with Crippen molar-refractivity contribution in [3.05, 3.63) is 39.9 Å². The van der Waals surface area contributed by atoms with Crippen molar-refractivity contribution < 1.29 is 29.2 Å². The number of nitrogens with zero attached hydrogens (tertiary/aromatic N) is 3. The van der Waals surface area contributed by atoms with Crippen molar-refractivity contribution >= 4 is 23.5 Å². The molecular formula is C22H30N4O7. The van der Waals surface area contributed by atoms with Crippen LogP contribution in [0.3, 0.4) is 0 Å². The number of rotatable bonds is 9. The van der Waals surface area contributed by atoms with Gasteiger partial charge < -0.3 is 9.84 Å². The third-order valence-corrected chi connectivity index (χ3v) is 6.05. The number of aryl methyl sites for hydroxylation is 1. The van der Waals surface area contributed by atoms with Crippen LogP contribution >= 0.6 is 0 Å². The molecule has 11 heteroatoms. The van der Waals surface area contributed by atoms with Crippen LogP contribution in [-0.4, -0.2) is 75.7 Å². The molecule has 2 N–H and O–H groups in total. The number of hydrogen-bond acceptors (Lipinski definition) is 8. The molecule has 3 rings (SSSR count). The second kappa shape index (κ2) is 11.2. The first-order valence-electron chi connectivity index (χ1n) is 11.3. The molecule has 2 aliphatic heterocycles. The van der Waals surface area contributed by atoms with E-state index in [9.17, 15) is 29.6 Å². The van der Waals surface area contributed by atoms with E-state index in [2.05, 4.69) is 5.32 Å². The number of esters is 1. The lowest BCUT2D eigenvalue weighted by Gasteiger charge is -2.42. The molecule has 0 aromatic heterocycles. The number of nitro groups is 1. The van der Waals surface area contributed by atoms with Gasteiger partial charge >= 0.3 is 11.9 Å². The smallest absolute Gasteiger partial charge is 0.328 e. The van der Waals surface area contributed by atoms with Crippen LogP contribution in [0, 0.1) is 10.1 Å². The Labute approximate surface area is 191 Å². The number of carboxylic acid groups (broad SMARTS) is 1. The molecule has 33 heavy (non-hydrogen) atoms. The van der Waals surface area contributed by atoms with E-state index >= 15 is 0 Å². The van der Waals surface area contributed by atoms with Gasteiger partial charge in [-0.3, -0.25) is 30.0 Å². The summed E-state index contributed by atoms with van der Waals surface area (Å²) >= 11 is 0. The molecule has 1 amide bonds. The number of carboxylic acids is 1. The number of ether oxygens (including phenoxy) is 1. The zero-order chi connectivity index (χ0) is 24.0. The average molecular weight is 463 g/mol. The summed E-state index contributed by atoms with van der Waals surface area (Å²) < 4.78 is 5.20. The maximum absolute atomic E-state index is 13.3. The van der Waals surface area contributed by atoms with Gasteiger partial charge in [0.15, 0.2) is 0 Å². The van der Waals surface area contributed by atoms with Crippen molar-refractivity contribution in [3.8, 4) is 0 Å². The second-order valence-corrected chi connectivity index (χ2v) is 8.26. The molecular weight excluding hydrogens is 432 g/mol. The predicted octanol–water partition coefficient (Wildman–Crippen LogP) is 1.50. The Morgan fingerprint density at radius 3 is 2.52 bits per heavy atom. The van der Waals surface area contributed by atoms with E-state index < -0.39 is 35.0 Å². The SMILES string of the molecule is CCOC(=O)[C@H](CCc1ccc([N+](=O)[O-])cc1)N[C@H]1CCCN2CCC[C@@H](C(=O)O)N2C1=O. The molecule has 0 bridgehead atoms. The first-order chi connectivity index (χ1) is 15.8. The maximum atomic E-state index is 13.3. The number of nitro benzene ring substituents is 1. The minimum Gasteiger partial charge on any atom is -0.480 e. The Balaban J connectivity index is 1.73. The second-order valence-electron chi connectivity index (χ2n) is 8.26. The summed E-state index contributed by atoms with van der Waals surface area (Å²) in [5, 5.41) is 26.8. The molecule has 0 radical (unpaired) electrons. The van der Waals surface area contributed by atoms with Gasteiger partial charge in [-0.1, -0.05) is 12.1 Å². The highest BCUT2D eigenvalue weighted by Gasteiger charge is 2.42. The third-order valence-electron chi connectivity index (χ3n) is 6.05. The number of hydrazine groups is 1. The zero-order valence-electron chi connectivity index (χ0n) is 18.6. The monoisotopic (exact) mass is 462 g/mol. The van der Waals surface area contributed by atoms with Gasteiger partial charge in [-0.2, -0.15) is 0 Å². The van der Waals surface area contributed by atoms with Crippen LogP contribution in [0.25, 0.3) is 0 Å². The molecule has 0 saturated carbocycles. The molecule has 1 aromatic carbocycles. The highest BCUT2D eigenvalue weighted by Crippen LogP contribution is 2.24. The highest BCUT2D eigenvalue weighted by molar-refractivity contribution is 5.87. The Morgan fingerprint density at radius 1 is 1.24 bits per heavy atom. The molecule has 0 spiro atoms. The molecule has 1 aromatic rings. The first kappa shape index (κ1) is 24.6. The van der Waals surface area contributed by atoms with Crippen LogP contribution in [0.15, 0.2) is 24.3 Å². The Hall–Kier alpha value is -3.05. The van der Waals surface area contributed by atoms with Gasteiger partial charge in [-0.05, 0) is 51.0 Å². The lowest BCUT2D eigenvalue weighted by molar-refractivity contribution is -0.384. The highest BCUT2D eigenvalue weighted by atomic mass is 16.6. The first-order valence-corrected chi connectivity index (χ1v) is 11.3. The fraction of sp³-hybridized carbons (Fsp3) is 0.591. The van der Waals surface area contributed by atoms with E-state index in [4.69, 9.17) is 4.74 Å². The quantitative estimate of drug-likeness (QED) is 0.317. The summed E-state index contributed by atoms with van der Waals surface area (Å²) in [6.45, 7) is 3.10. The zero-order valence-corrected chi connectivity index (χ0v) is 18.6. The largest absolute Gasteiger partial charge is 0.480 e. The van der Waals surface area contributed by atoms with Crippen LogP contribution in [0.4, 0.5) is 5.69 Å². The molecule has 11 nitrogen and oxygen atoms in total. The van der Waals surface area contributed by atoms with Crippen LogP contribution in [-0.2, 0) is 25.5 Å². The fourth-order valence-corrected chi connectivity index (χ4v) is 4.40. The summed E-state index contributed by atoms with van der Waals surface area (Å²) in [5.41, 5.74) is 0.805. The number of carbonyl (C=O) groups excluding carboxylic acids is 2. The molecule has 3 atom stereocenters. The van der Waals surface area contributed by atoms with Crippen molar-refractivity contribution in [1.82, 2.24) is 15.3 Å². The van der Waals surface area contributed by atoms with Crippen LogP contribution in [0.2, 0.25) is 0 Å². The van der Waals surface area contributed by atoms with Gasteiger partial charge in [0.1, 0.15) is 12.1 Å². The molecule has 2 heterocycles.